The maximum Gasteiger partial charge on any atom is 0.133 e. The van der Waals surface area contributed by atoms with Gasteiger partial charge in [0.1, 0.15) is 5.40 Å². The highest BCUT2D eigenvalue weighted by molar-refractivity contribution is 8.04. The number of nitriles is 1. The van der Waals surface area contributed by atoms with Crippen LogP contribution in [0.1, 0.15) is 19.8 Å². The summed E-state index contributed by atoms with van der Waals surface area (Å²) in [5, 5.41) is 11.2. The standard InChI is InChI=1S/C8H14N2S/c1-2-4-10-5-3-8(6-10)11-7-9/h8H,2-6H2,1H3. The van der Waals surface area contributed by atoms with Gasteiger partial charge in [0.15, 0.2) is 0 Å². The Morgan fingerprint density at radius 1 is 1.73 bits per heavy atom. The summed E-state index contributed by atoms with van der Waals surface area (Å²) in [6.45, 7) is 5.70. The minimum Gasteiger partial charge on any atom is -0.302 e. The smallest absolute Gasteiger partial charge is 0.133 e. The summed E-state index contributed by atoms with van der Waals surface area (Å²) in [4.78, 5) is 2.44. The second kappa shape index (κ2) is 4.63. The van der Waals surface area contributed by atoms with Crippen LogP contribution in [0.5, 0.6) is 0 Å². The van der Waals surface area contributed by atoms with Crippen molar-refractivity contribution in [2.24, 2.45) is 0 Å². The van der Waals surface area contributed by atoms with E-state index in [-0.39, 0.29) is 0 Å². The number of rotatable bonds is 3. The van der Waals surface area contributed by atoms with E-state index in [4.69, 9.17) is 5.26 Å². The van der Waals surface area contributed by atoms with E-state index in [9.17, 15) is 0 Å². The van der Waals surface area contributed by atoms with Gasteiger partial charge in [0.05, 0.1) is 0 Å². The van der Waals surface area contributed by atoms with E-state index < -0.39 is 0 Å². The Morgan fingerprint density at radius 3 is 3.18 bits per heavy atom. The first-order valence-electron chi connectivity index (χ1n) is 4.14. The molecule has 0 aromatic carbocycles. The Bertz CT molecular complexity index is 153. The van der Waals surface area contributed by atoms with E-state index in [2.05, 4.69) is 17.2 Å². The van der Waals surface area contributed by atoms with Crippen LogP contribution in [0, 0.1) is 10.7 Å². The van der Waals surface area contributed by atoms with Gasteiger partial charge in [-0.2, -0.15) is 5.26 Å². The average Bonchev–Trinajstić information content (AvgIpc) is 2.38. The fraction of sp³-hybridized carbons (Fsp3) is 0.875. The number of likely N-dealkylation sites (tertiary alicyclic amines) is 1. The summed E-state index contributed by atoms with van der Waals surface area (Å²) in [7, 11) is 0. The molecule has 1 heterocycles. The molecule has 0 N–H and O–H groups in total. The van der Waals surface area contributed by atoms with Gasteiger partial charge in [-0.05, 0) is 37.7 Å². The van der Waals surface area contributed by atoms with Crippen molar-refractivity contribution < 1.29 is 0 Å². The Kier molecular flexibility index (Phi) is 3.74. The Labute approximate surface area is 72.6 Å². The van der Waals surface area contributed by atoms with Crippen molar-refractivity contribution in [1.82, 2.24) is 4.90 Å². The summed E-state index contributed by atoms with van der Waals surface area (Å²) in [6, 6.07) is 0. The molecule has 0 aliphatic carbocycles. The van der Waals surface area contributed by atoms with Gasteiger partial charge in [-0.1, -0.05) is 6.92 Å². The predicted octanol–water partition coefficient (Wildman–Crippen LogP) is 1.68. The zero-order valence-electron chi connectivity index (χ0n) is 6.92. The molecule has 62 valence electrons. The molecule has 1 unspecified atom stereocenters. The summed E-state index contributed by atoms with van der Waals surface area (Å²) in [6.07, 6.45) is 2.42. The highest BCUT2D eigenvalue weighted by Gasteiger charge is 2.21. The Hall–Kier alpha value is -0.200. The molecule has 0 aromatic heterocycles. The monoisotopic (exact) mass is 170 g/mol. The average molecular weight is 170 g/mol. The van der Waals surface area contributed by atoms with E-state index in [0.717, 1.165) is 6.54 Å². The maximum atomic E-state index is 8.44. The quantitative estimate of drug-likeness (QED) is 0.603. The van der Waals surface area contributed by atoms with E-state index in [0.29, 0.717) is 5.25 Å². The third kappa shape index (κ3) is 2.72. The van der Waals surface area contributed by atoms with Gasteiger partial charge in [0, 0.05) is 11.8 Å². The van der Waals surface area contributed by atoms with Gasteiger partial charge in [0.2, 0.25) is 0 Å². The van der Waals surface area contributed by atoms with E-state index in [1.54, 1.807) is 0 Å². The van der Waals surface area contributed by atoms with Crippen LogP contribution >= 0.6 is 11.8 Å². The topological polar surface area (TPSA) is 27.0 Å². The summed E-state index contributed by atoms with van der Waals surface area (Å²) < 4.78 is 0. The normalized spacial score (nSPS) is 25.3. The van der Waals surface area contributed by atoms with Gasteiger partial charge in [-0.25, -0.2) is 0 Å². The SMILES string of the molecule is CCCN1CCC(SC#N)C1. The minimum absolute atomic E-state index is 0.576. The van der Waals surface area contributed by atoms with Crippen molar-refractivity contribution in [2.75, 3.05) is 19.6 Å². The fourth-order valence-electron chi connectivity index (χ4n) is 1.49. The number of nitrogens with zero attached hydrogens (tertiary/aromatic N) is 2. The molecule has 1 aliphatic rings. The van der Waals surface area contributed by atoms with Crippen LogP contribution < -0.4 is 0 Å². The largest absolute Gasteiger partial charge is 0.302 e. The molecule has 1 atom stereocenters. The van der Waals surface area contributed by atoms with Crippen molar-refractivity contribution in [3.8, 4) is 5.40 Å². The van der Waals surface area contributed by atoms with Gasteiger partial charge in [-0.3, -0.25) is 0 Å². The van der Waals surface area contributed by atoms with E-state index in [1.807, 2.05) is 0 Å². The lowest BCUT2D eigenvalue weighted by Crippen LogP contribution is -2.21. The fourth-order valence-corrected chi connectivity index (χ4v) is 2.14. The van der Waals surface area contributed by atoms with Crippen molar-refractivity contribution in [1.29, 1.82) is 5.26 Å². The molecule has 1 fully saturated rings. The molecule has 11 heavy (non-hydrogen) atoms. The molecule has 1 aliphatic heterocycles. The van der Waals surface area contributed by atoms with Crippen molar-refractivity contribution in [2.45, 2.75) is 25.0 Å². The highest BCUT2D eigenvalue weighted by atomic mass is 32.2. The molecule has 3 heteroatoms. The lowest BCUT2D eigenvalue weighted by atomic mass is 10.4. The minimum atomic E-state index is 0.576. The molecule has 2 nitrogen and oxygen atoms in total. The predicted molar refractivity (Wildman–Crippen MR) is 48.3 cm³/mol. The first-order valence-corrected chi connectivity index (χ1v) is 5.02. The van der Waals surface area contributed by atoms with E-state index in [1.165, 1.54) is 37.7 Å². The second-order valence-electron chi connectivity index (χ2n) is 2.92. The first-order chi connectivity index (χ1) is 5.36. The van der Waals surface area contributed by atoms with Crippen LogP contribution in [0.2, 0.25) is 0 Å². The van der Waals surface area contributed by atoms with Crippen LogP contribution in [0.4, 0.5) is 0 Å². The number of thioether (sulfide) groups is 1. The van der Waals surface area contributed by atoms with Crippen molar-refractivity contribution >= 4 is 11.8 Å². The molecule has 0 saturated carbocycles. The summed E-state index contributed by atoms with van der Waals surface area (Å²) in [5.41, 5.74) is 0. The van der Waals surface area contributed by atoms with Gasteiger partial charge in [0.25, 0.3) is 0 Å². The van der Waals surface area contributed by atoms with Crippen molar-refractivity contribution in [3.63, 3.8) is 0 Å². The zero-order valence-corrected chi connectivity index (χ0v) is 7.73. The van der Waals surface area contributed by atoms with Gasteiger partial charge < -0.3 is 4.90 Å². The molecule has 0 amide bonds. The van der Waals surface area contributed by atoms with Crippen molar-refractivity contribution in [3.05, 3.63) is 0 Å². The zero-order chi connectivity index (χ0) is 8.10. The Balaban J connectivity index is 2.19. The van der Waals surface area contributed by atoms with Crippen LogP contribution in [0.25, 0.3) is 0 Å². The highest BCUT2D eigenvalue weighted by Crippen LogP contribution is 2.21. The molecule has 0 aromatic rings. The number of thiocyanates is 1. The Morgan fingerprint density at radius 2 is 2.55 bits per heavy atom. The third-order valence-electron chi connectivity index (χ3n) is 1.99. The lowest BCUT2D eigenvalue weighted by molar-refractivity contribution is 0.340. The van der Waals surface area contributed by atoms with Crippen LogP contribution in [-0.2, 0) is 0 Å². The van der Waals surface area contributed by atoms with Crippen LogP contribution in [0.15, 0.2) is 0 Å². The molecular formula is C8H14N2S. The van der Waals surface area contributed by atoms with Gasteiger partial charge in [-0.15, -0.1) is 0 Å². The molecule has 0 spiro atoms. The number of hydrogen-bond donors (Lipinski definition) is 0. The van der Waals surface area contributed by atoms with Gasteiger partial charge >= 0.3 is 0 Å². The second-order valence-corrected chi connectivity index (χ2v) is 4.01. The molecular weight excluding hydrogens is 156 g/mol. The van der Waals surface area contributed by atoms with E-state index >= 15 is 0 Å². The summed E-state index contributed by atoms with van der Waals surface area (Å²) >= 11 is 1.43. The maximum absolute atomic E-state index is 8.44. The third-order valence-corrected chi connectivity index (χ3v) is 2.81. The lowest BCUT2D eigenvalue weighted by Gasteiger charge is -2.12. The van der Waals surface area contributed by atoms with Crippen LogP contribution in [0.3, 0.4) is 0 Å². The number of hydrogen-bond acceptors (Lipinski definition) is 3. The molecule has 1 rings (SSSR count). The first kappa shape index (κ1) is 8.89. The molecule has 0 bridgehead atoms. The molecule has 1 saturated heterocycles. The van der Waals surface area contributed by atoms with Crippen LogP contribution in [-0.4, -0.2) is 29.8 Å². The molecule has 0 radical (unpaired) electrons. The summed E-state index contributed by atoms with van der Waals surface area (Å²) in [5.74, 6) is 0.